The van der Waals surface area contributed by atoms with E-state index in [0.29, 0.717) is 0 Å². The molecule has 0 unspecified atom stereocenters. The van der Waals surface area contributed by atoms with E-state index < -0.39 is 22.6 Å². The largest absolute Gasteiger partial charge is 0.411 e. The number of aromatic nitrogens is 1. The Morgan fingerprint density at radius 1 is 1.64 bits per heavy atom. The number of nitrogens with two attached hydrogens (primary N) is 1. The van der Waals surface area contributed by atoms with Gasteiger partial charge in [-0.25, -0.2) is 4.79 Å². The van der Waals surface area contributed by atoms with Gasteiger partial charge in [0.1, 0.15) is 5.15 Å². The smallest absolute Gasteiger partial charge is 0.384 e. The maximum atomic E-state index is 10.4. The van der Waals surface area contributed by atoms with Crippen LogP contribution in [0.25, 0.3) is 0 Å². The second-order valence-corrected chi connectivity index (χ2v) is 2.52. The number of pyridine rings is 1. The van der Waals surface area contributed by atoms with Crippen molar-refractivity contribution < 1.29 is 14.5 Å². The highest BCUT2D eigenvalue weighted by Gasteiger charge is 2.18. The van der Waals surface area contributed by atoms with E-state index in [1.165, 1.54) is 6.07 Å². The van der Waals surface area contributed by atoms with Crippen molar-refractivity contribution in [1.82, 2.24) is 4.98 Å². The molecule has 1 aromatic heterocycles. The van der Waals surface area contributed by atoms with Crippen molar-refractivity contribution in [3.63, 3.8) is 0 Å². The van der Waals surface area contributed by atoms with Crippen LogP contribution in [0.2, 0.25) is 5.15 Å². The standard InChI is InChI=1S/C6H4ClN3O4/c7-4-2-1-3(10(12)13)5(9-4)14-6(8)11/h1-2H,(H2,8,11). The number of nitrogens with zero attached hydrogens (tertiary/aromatic N) is 2. The van der Waals surface area contributed by atoms with E-state index in [2.05, 4.69) is 15.5 Å². The Hall–Kier alpha value is -1.89. The normalized spacial score (nSPS) is 9.50. The van der Waals surface area contributed by atoms with Crippen molar-refractivity contribution in [2.24, 2.45) is 5.73 Å². The first-order chi connectivity index (χ1) is 6.50. The number of primary amides is 1. The van der Waals surface area contributed by atoms with Crippen LogP contribution in [0.4, 0.5) is 10.5 Å². The molecule has 0 spiro atoms. The number of hydrogen-bond acceptors (Lipinski definition) is 5. The van der Waals surface area contributed by atoms with Crippen LogP contribution in [-0.4, -0.2) is 16.0 Å². The Morgan fingerprint density at radius 3 is 2.79 bits per heavy atom. The van der Waals surface area contributed by atoms with Crippen LogP contribution in [0, 0.1) is 10.1 Å². The van der Waals surface area contributed by atoms with Crippen LogP contribution < -0.4 is 10.5 Å². The third-order valence-electron chi connectivity index (χ3n) is 1.20. The highest BCUT2D eigenvalue weighted by molar-refractivity contribution is 6.29. The van der Waals surface area contributed by atoms with Crippen molar-refractivity contribution in [2.75, 3.05) is 0 Å². The third-order valence-corrected chi connectivity index (χ3v) is 1.41. The zero-order valence-electron chi connectivity index (χ0n) is 6.64. The van der Waals surface area contributed by atoms with Crippen LogP contribution in [0.3, 0.4) is 0 Å². The molecule has 1 aromatic rings. The summed E-state index contributed by atoms with van der Waals surface area (Å²) in [6.07, 6.45) is -1.19. The first-order valence-corrected chi connectivity index (χ1v) is 3.66. The van der Waals surface area contributed by atoms with E-state index in [1.54, 1.807) is 0 Å². The zero-order chi connectivity index (χ0) is 10.7. The Bertz CT molecular complexity index is 395. The number of nitro groups is 1. The molecule has 0 fully saturated rings. The molecule has 0 radical (unpaired) electrons. The van der Waals surface area contributed by atoms with Gasteiger partial charge >= 0.3 is 17.7 Å². The average Bonchev–Trinajstić information content (AvgIpc) is 2.01. The summed E-state index contributed by atoms with van der Waals surface area (Å²) in [5.41, 5.74) is 4.20. The fourth-order valence-electron chi connectivity index (χ4n) is 0.720. The Labute approximate surface area is 82.6 Å². The van der Waals surface area contributed by atoms with Crippen LogP contribution in [0.1, 0.15) is 0 Å². The molecule has 7 nitrogen and oxygen atoms in total. The van der Waals surface area contributed by atoms with Crippen molar-refractivity contribution in [3.8, 4) is 5.88 Å². The van der Waals surface area contributed by atoms with Gasteiger partial charge in [0.25, 0.3) is 0 Å². The summed E-state index contributed by atoms with van der Waals surface area (Å²) >= 11 is 5.44. The monoisotopic (exact) mass is 217 g/mol. The molecular weight excluding hydrogens is 214 g/mol. The molecule has 1 rings (SSSR count). The van der Waals surface area contributed by atoms with Gasteiger partial charge in [-0.2, -0.15) is 4.98 Å². The maximum Gasteiger partial charge on any atom is 0.411 e. The predicted octanol–water partition coefficient (Wildman–Crippen LogP) is 1.10. The van der Waals surface area contributed by atoms with Crippen LogP contribution in [0.15, 0.2) is 12.1 Å². The molecule has 0 aliphatic carbocycles. The molecule has 2 N–H and O–H groups in total. The summed E-state index contributed by atoms with van der Waals surface area (Å²) in [5.74, 6) is -0.519. The number of amides is 1. The molecule has 0 saturated carbocycles. The van der Waals surface area contributed by atoms with Gasteiger partial charge in [0.05, 0.1) is 4.92 Å². The minimum atomic E-state index is -1.19. The molecule has 74 valence electrons. The van der Waals surface area contributed by atoms with Gasteiger partial charge in [0.2, 0.25) is 0 Å². The highest BCUT2D eigenvalue weighted by Crippen LogP contribution is 2.25. The second kappa shape index (κ2) is 3.88. The van der Waals surface area contributed by atoms with Gasteiger partial charge in [-0.15, -0.1) is 0 Å². The molecule has 1 amide bonds. The van der Waals surface area contributed by atoms with Crippen LogP contribution in [0.5, 0.6) is 5.88 Å². The summed E-state index contributed by atoms with van der Waals surface area (Å²) in [5, 5.41) is 10.4. The molecule has 0 bridgehead atoms. The van der Waals surface area contributed by atoms with E-state index in [-0.39, 0.29) is 5.15 Å². The van der Waals surface area contributed by atoms with E-state index in [0.717, 1.165) is 6.07 Å². The number of carbonyl (C=O) groups is 1. The average molecular weight is 218 g/mol. The van der Waals surface area contributed by atoms with Crippen LogP contribution in [-0.2, 0) is 0 Å². The van der Waals surface area contributed by atoms with Gasteiger partial charge in [-0.05, 0) is 6.07 Å². The van der Waals surface area contributed by atoms with Crippen molar-refractivity contribution in [2.45, 2.75) is 0 Å². The van der Waals surface area contributed by atoms with E-state index in [4.69, 9.17) is 11.6 Å². The molecule has 0 atom stereocenters. The van der Waals surface area contributed by atoms with Gasteiger partial charge < -0.3 is 10.5 Å². The fraction of sp³-hybridized carbons (Fsp3) is 0. The second-order valence-electron chi connectivity index (χ2n) is 2.14. The molecule has 1 heterocycles. The summed E-state index contributed by atoms with van der Waals surface area (Å²) < 4.78 is 4.29. The van der Waals surface area contributed by atoms with E-state index >= 15 is 0 Å². The first kappa shape index (κ1) is 10.2. The van der Waals surface area contributed by atoms with E-state index in [9.17, 15) is 14.9 Å². The summed E-state index contributed by atoms with van der Waals surface area (Å²) in [7, 11) is 0. The van der Waals surface area contributed by atoms with Crippen molar-refractivity contribution in [3.05, 3.63) is 27.4 Å². The fourth-order valence-corrected chi connectivity index (χ4v) is 0.860. The number of halogens is 1. The van der Waals surface area contributed by atoms with Gasteiger partial charge in [0, 0.05) is 6.07 Å². The van der Waals surface area contributed by atoms with Gasteiger partial charge in [-0.1, -0.05) is 11.6 Å². The Balaban J connectivity index is 3.15. The summed E-state index contributed by atoms with van der Waals surface area (Å²) in [6, 6.07) is 2.27. The number of hydrogen-bond donors (Lipinski definition) is 1. The molecule has 8 heteroatoms. The van der Waals surface area contributed by atoms with Gasteiger partial charge in [-0.3, -0.25) is 10.1 Å². The first-order valence-electron chi connectivity index (χ1n) is 3.29. The number of carbonyl (C=O) groups excluding carboxylic acids is 1. The van der Waals surface area contributed by atoms with Crippen molar-refractivity contribution in [1.29, 1.82) is 0 Å². The van der Waals surface area contributed by atoms with Crippen molar-refractivity contribution >= 4 is 23.4 Å². The van der Waals surface area contributed by atoms with Crippen LogP contribution >= 0.6 is 11.6 Å². The Kier molecular flexibility index (Phi) is 2.82. The predicted molar refractivity (Wildman–Crippen MR) is 46.1 cm³/mol. The molecule has 0 saturated heterocycles. The molecular formula is C6H4ClN3O4. The molecule has 0 aliphatic heterocycles. The zero-order valence-corrected chi connectivity index (χ0v) is 7.39. The summed E-state index contributed by atoms with van der Waals surface area (Å²) in [6.45, 7) is 0. The quantitative estimate of drug-likeness (QED) is 0.453. The minimum absolute atomic E-state index is 0.0353. The molecule has 0 aliphatic rings. The number of rotatable bonds is 2. The van der Waals surface area contributed by atoms with E-state index in [1.807, 2.05) is 0 Å². The summed E-state index contributed by atoms with van der Waals surface area (Å²) in [4.78, 5) is 23.4. The Morgan fingerprint density at radius 2 is 2.29 bits per heavy atom. The maximum absolute atomic E-state index is 10.4. The SMILES string of the molecule is NC(=O)Oc1nc(Cl)ccc1[N+](=O)[O-]. The lowest BCUT2D eigenvalue weighted by Gasteiger charge is -2.00. The molecule has 14 heavy (non-hydrogen) atoms. The lowest BCUT2D eigenvalue weighted by atomic mass is 10.4. The lowest BCUT2D eigenvalue weighted by molar-refractivity contribution is -0.385. The lowest BCUT2D eigenvalue weighted by Crippen LogP contribution is -2.17. The van der Waals surface area contributed by atoms with Gasteiger partial charge in [0.15, 0.2) is 0 Å². The molecule has 0 aromatic carbocycles. The topological polar surface area (TPSA) is 108 Å². The minimum Gasteiger partial charge on any atom is -0.384 e. The highest BCUT2D eigenvalue weighted by atomic mass is 35.5. The third kappa shape index (κ3) is 2.30. The number of ether oxygens (including phenoxy) is 1.